The van der Waals surface area contributed by atoms with Crippen LogP contribution in [0.5, 0.6) is 5.75 Å². The van der Waals surface area contributed by atoms with Crippen LogP contribution in [-0.2, 0) is 4.79 Å². The lowest BCUT2D eigenvalue weighted by Gasteiger charge is -2.07. The fraction of sp³-hybridized carbons (Fsp3) is 0.0625. The molecule has 1 aromatic carbocycles. The summed E-state index contributed by atoms with van der Waals surface area (Å²) < 4.78 is 10.4. The Morgan fingerprint density at radius 3 is 2.45 bits per heavy atom. The number of ether oxygens (including phenoxy) is 1. The standard InChI is InChI=1S/C16H9BrO5/c1-21-9-4-2-8(3-5-9)14(18)10-7-22-12-6-11(17)15(19)16(20)13(10)12/h2-7H,1H3. The summed E-state index contributed by atoms with van der Waals surface area (Å²) in [7, 11) is 1.53. The van der Waals surface area contributed by atoms with Crippen molar-refractivity contribution in [1.29, 1.82) is 0 Å². The number of carbonyl (C=O) groups excluding carboxylic acids is 3. The zero-order valence-electron chi connectivity index (χ0n) is 11.4. The average Bonchev–Trinajstić information content (AvgIpc) is 2.96. The first-order valence-corrected chi connectivity index (χ1v) is 7.08. The number of benzene rings is 1. The van der Waals surface area contributed by atoms with Crippen LogP contribution in [0.3, 0.4) is 0 Å². The number of Topliss-reactive ketones (excluding diaryl/α,β-unsaturated/α-hetero) is 2. The monoisotopic (exact) mass is 360 g/mol. The second-order valence-electron chi connectivity index (χ2n) is 4.60. The van der Waals surface area contributed by atoms with Gasteiger partial charge in [-0.1, -0.05) is 0 Å². The molecule has 6 heteroatoms. The van der Waals surface area contributed by atoms with Gasteiger partial charge >= 0.3 is 0 Å². The van der Waals surface area contributed by atoms with Gasteiger partial charge in [-0.3, -0.25) is 14.4 Å². The highest BCUT2D eigenvalue weighted by Crippen LogP contribution is 2.30. The maximum Gasteiger partial charge on any atom is 0.240 e. The normalized spacial score (nSPS) is 13.6. The number of carbonyl (C=O) groups is 3. The molecule has 1 aromatic heterocycles. The van der Waals surface area contributed by atoms with E-state index in [0.717, 1.165) is 0 Å². The van der Waals surface area contributed by atoms with Gasteiger partial charge in [0.2, 0.25) is 11.6 Å². The molecule has 0 amide bonds. The fourth-order valence-corrected chi connectivity index (χ4v) is 2.57. The minimum atomic E-state index is -0.755. The molecule has 0 bridgehead atoms. The van der Waals surface area contributed by atoms with E-state index in [4.69, 9.17) is 9.15 Å². The molecule has 0 saturated carbocycles. The van der Waals surface area contributed by atoms with Gasteiger partial charge in [0.25, 0.3) is 0 Å². The van der Waals surface area contributed by atoms with Gasteiger partial charge in [-0.25, -0.2) is 0 Å². The van der Waals surface area contributed by atoms with Gasteiger partial charge in [-0.2, -0.15) is 0 Å². The molecule has 0 aliphatic heterocycles. The predicted molar refractivity (Wildman–Crippen MR) is 81.4 cm³/mol. The van der Waals surface area contributed by atoms with Crippen LogP contribution in [0.25, 0.3) is 6.08 Å². The Labute approximate surface area is 133 Å². The lowest BCUT2D eigenvalue weighted by molar-refractivity contribution is -0.111. The molecule has 1 heterocycles. The van der Waals surface area contributed by atoms with Gasteiger partial charge in [-0.05, 0) is 46.3 Å². The minimum Gasteiger partial charge on any atom is -0.497 e. The van der Waals surface area contributed by atoms with E-state index in [9.17, 15) is 14.4 Å². The summed E-state index contributed by atoms with van der Waals surface area (Å²) in [6, 6.07) is 6.45. The average molecular weight is 361 g/mol. The molecule has 5 nitrogen and oxygen atoms in total. The molecule has 1 aliphatic carbocycles. The Hall–Kier alpha value is -2.47. The van der Waals surface area contributed by atoms with Crippen molar-refractivity contribution in [2.45, 2.75) is 0 Å². The maximum absolute atomic E-state index is 12.5. The molecule has 1 aliphatic rings. The molecule has 3 rings (SSSR count). The summed E-state index contributed by atoms with van der Waals surface area (Å²) in [5.41, 5.74) is 0.460. The molecule has 0 N–H and O–H groups in total. The zero-order valence-corrected chi connectivity index (χ0v) is 13.0. The van der Waals surface area contributed by atoms with Crippen LogP contribution >= 0.6 is 15.9 Å². The summed E-state index contributed by atoms with van der Waals surface area (Å²) in [5, 5.41) is 0. The highest BCUT2D eigenvalue weighted by Gasteiger charge is 2.33. The van der Waals surface area contributed by atoms with E-state index < -0.39 is 11.6 Å². The first kappa shape index (κ1) is 14.5. The number of ketones is 3. The first-order chi connectivity index (χ1) is 10.5. The molecule has 22 heavy (non-hydrogen) atoms. The number of allylic oxidation sites excluding steroid dienone is 1. The van der Waals surface area contributed by atoms with Crippen molar-refractivity contribution in [3.63, 3.8) is 0 Å². The third-order valence-electron chi connectivity index (χ3n) is 3.32. The fourth-order valence-electron chi connectivity index (χ4n) is 2.18. The van der Waals surface area contributed by atoms with Gasteiger partial charge in [0.15, 0.2) is 5.78 Å². The number of fused-ring (bicyclic) bond motifs is 1. The molecule has 0 atom stereocenters. The molecule has 0 unspecified atom stereocenters. The van der Waals surface area contributed by atoms with Crippen LogP contribution < -0.4 is 4.74 Å². The highest BCUT2D eigenvalue weighted by molar-refractivity contribution is 9.12. The van der Waals surface area contributed by atoms with E-state index in [-0.39, 0.29) is 27.2 Å². The molecule has 0 spiro atoms. The molecule has 0 fully saturated rings. The van der Waals surface area contributed by atoms with Crippen molar-refractivity contribution in [2.24, 2.45) is 0 Å². The number of rotatable bonds is 3. The van der Waals surface area contributed by atoms with Crippen molar-refractivity contribution in [3.05, 3.63) is 57.5 Å². The molecular formula is C16H9BrO5. The van der Waals surface area contributed by atoms with E-state index in [1.807, 2.05) is 0 Å². The van der Waals surface area contributed by atoms with Crippen molar-refractivity contribution >= 4 is 39.4 Å². The Morgan fingerprint density at radius 1 is 1.14 bits per heavy atom. The van der Waals surface area contributed by atoms with Crippen LogP contribution in [0.2, 0.25) is 0 Å². The SMILES string of the molecule is COc1ccc(C(=O)c2coc3c2C(=O)C(=O)C(Br)=C3)cc1. The predicted octanol–water partition coefficient (Wildman–Crippen LogP) is 3.02. The van der Waals surface area contributed by atoms with Gasteiger partial charge in [0, 0.05) is 5.56 Å². The second-order valence-corrected chi connectivity index (χ2v) is 5.45. The van der Waals surface area contributed by atoms with Gasteiger partial charge in [0.1, 0.15) is 17.8 Å². The number of hydrogen-bond donors (Lipinski definition) is 0. The Bertz CT molecular complexity index is 827. The zero-order chi connectivity index (χ0) is 15.9. The van der Waals surface area contributed by atoms with Crippen molar-refractivity contribution in [3.8, 4) is 5.75 Å². The number of methoxy groups -OCH3 is 1. The Kier molecular flexibility index (Phi) is 3.54. The Morgan fingerprint density at radius 2 is 1.82 bits per heavy atom. The van der Waals surface area contributed by atoms with Crippen LogP contribution in [0.15, 0.2) is 39.4 Å². The molecule has 110 valence electrons. The van der Waals surface area contributed by atoms with Gasteiger partial charge in [-0.15, -0.1) is 0 Å². The molecular weight excluding hydrogens is 352 g/mol. The summed E-state index contributed by atoms with van der Waals surface area (Å²) in [4.78, 5) is 36.4. The summed E-state index contributed by atoms with van der Waals surface area (Å²) in [6.07, 6.45) is 2.59. The van der Waals surface area contributed by atoms with E-state index in [2.05, 4.69) is 15.9 Å². The van der Waals surface area contributed by atoms with Crippen LogP contribution in [0, 0.1) is 0 Å². The number of furan rings is 1. The highest BCUT2D eigenvalue weighted by atomic mass is 79.9. The minimum absolute atomic E-state index is 0.00835. The lowest BCUT2D eigenvalue weighted by Crippen LogP contribution is -2.20. The summed E-state index contributed by atoms with van der Waals surface area (Å²) in [5.74, 6) is -1.02. The number of hydrogen-bond acceptors (Lipinski definition) is 5. The van der Waals surface area contributed by atoms with Gasteiger partial charge in [0.05, 0.1) is 22.7 Å². The maximum atomic E-state index is 12.5. The summed E-state index contributed by atoms with van der Waals surface area (Å²) >= 11 is 3.00. The van der Waals surface area contributed by atoms with Crippen molar-refractivity contribution in [1.82, 2.24) is 0 Å². The van der Waals surface area contributed by atoms with Crippen molar-refractivity contribution in [2.75, 3.05) is 7.11 Å². The van der Waals surface area contributed by atoms with E-state index in [0.29, 0.717) is 11.3 Å². The molecule has 0 saturated heterocycles. The van der Waals surface area contributed by atoms with Crippen LogP contribution in [0.1, 0.15) is 32.0 Å². The topological polar surface area (TPSA) is 73.6 Å². The third-order valence-corrected chi connectivity index (χ3v) is 3.91. The quantitative estimate of drug-likeness (QED) is 0.621. The molecule has 0 radical (unpaired) electrons. The lowest BCUT2D eigenvalue weighted by atomic mass is 9.94. The van der Waals surface area contributed by atoms with Crippen LogP contribution in [0.4, 0.5) is 0 Å². The van der Waals surface area contributed by atoms with E-state index >= 15 is 0 Å². The Balaban J connectivity index is 2.05. The molecule has 2 aromatic rings. The second kappa shape index (κ2) is 5.38. The number of halogens is 1. The first-order valence-electron chi connectivity index (χ1n) is 6.29. The summed E-state index contributed by atoms with van der Waals surface area (Å²) in [6.45, 7) is 0. The third kappa shape index (κ3) is 2.21. The smallest absolute Gasteiger partial charge is 0.240 e. The largest absolute Gasteiger partial charge is 0.497 e. The van der Waals surface area contributed by atoms with Crippen molar-refractivity contribution < 1.29 is 23.5 Å². The van der Waals surface area contributed by atoms with Crippen LogP contribution in [-0.4, -0.2) is 24.5 Å². The van der Waals surface area contributed by atoms with E-state index in [1.54, 1.807) is 24.3 Å². The van der Waals surface area contributed by atoms with Gasteiger partial charge < -0.3 is 9.15 Å². The van der Waals surface area contributed by atoms with E-state index in [1.165, 1.54) is 19.4 Å².